The number of ether oxygens (including phenoxy) is 1. The van der Waals surface area contributed by atoms with Crippen LogP contribution >= 0.6 is 11.8 Å². The zero-order chi connectivity index (χ0) is 17.4. The van der Waals surface area contributed by atoms with Gasteiger partial charge in [-0.3, -0.25) is 0 Å². The van der Waals surface area contributed by atoms with Gasteiger partial charge in [-0.2, -0.15) is 4.57 Å². The van der Waals surface area contributed by atoms with Crippen LogP contribution < -0.4 is 14.2 Å². The van der Waals surface area contributed by atoms with Crippen molar-refractivity contribution in [2.24, 2.45) is 7.05 Å². The van der Waals surface area contributed by atoms with Crippen LogP contribution in [0.5, 0.6) is 5.75 Å². The average Bonchev–Trinajstić information content (AvgIpc) is 2.93. The molecule has 1 aliphatic rings. The largest absolute Gasteiger partial charge is 0.494 e. The number of rotatable bonds is 3. The monoisotopic (exact) mass is 349 g/mol. The van der Waals surface area contributed by atoms with E-state index in [2.05, 4.69) is 78.2 Å². The summed E-state index contributed by atoms with van der Waals surface area (Å²) in [6.45, 7) is 2.70. The molecule has 2 heterocycles. The first kappa shape index (κ1) is 16.0. The Labute approximate surface area is 152 Å². The maximum Gasteiger partial charge on any atom is 0.212 e. The van der Waals surface area contributed by atoms with Crippen LogP contribution in [0.15, 0.2) is 64.5 Å². The number of para-hydroxylation sites is 1. The van der Waals surface area contributed by atoms with Gasteiger partial charge in [0.2, 0.25) is 11.2 Å². The van der Waals surface area contributed by atoms with Crippen LogP contribution in [0.4, 0.5) is 5.69 Å². The molecule has 4 rings (SSSR count). The van der Waals surface area contributed by atoms with Crippen molar-refractivity contribution in [2.45, 2.75) is 11.8 Å². The smallest absolute Gasteiger partial charge is 0.212 e. The Balaban J connectivity index is 1.72. The van der Waals surface area contributed by atoms with E-state index in [9.17, 15) is 0 Å². The summed E-state index contributed by atoms with van der Waals surface area (Å²) in [6, 6.07) is 19.1. The summed E-state index contributed by atoms with van der Waals surface area (Å²) in [5.41, 5.74) is 3.65. The summed E-state index contributed by atoms with van der Waals surface area (Å²) in [7, 11) is 4.24. The zero-order valence-corrected chi connectivity index (χ0v) is 15.5. The van der Waals surface area contributed by atoms with Gasteiger partial charge in [0.1, 0.15) is 12.8 Å². The summed E-state index contributed by atoms with van der Waals surface area (Å²) >= 11 is 1.79. The molecule has 0 unspecified atom stereocenters. The third-order valence-electron chi connectivity index (χ3n) is 4.54. The summed E-state index contributed by atoms with van der Waals surface area (Å²) in [5, 5.41) is 2.47. The van der Waals surface area contributed by atoms with Gasteiger partial charge in [-0.15, -0.1) is 0 Å². The molecule has 0 saturated carbocycles. The molecule has 0 amide bonds. The summed E-state index contributed by atoms with van der Waals surface area (Å²) in [5.74, 6) is 0.930. The second kappa shape index (κ2) is 6.45. The van der Waals surface area contributed by atoms with Crippen LogP contribution in [0.2, 0.25) is 0 Å². The number of pyridine rings is 1. The maximum absolute atomic E-state index is 5.63. The molecule has 1 aliphatic heterocycles. The molecule has 0 fully saturated rings. The van der Waals surface area contributed by atoms with Gasteiger partial charge in [0.15, 0.2) is 0 Å². The minimum atomic E-state index is 0.689. The number of aromatic nitrogens is 1. The van der Waals surface area contributed by atoms with Crippen molar-refractivity contribution in [1.29, 1.82) is 0 Å². The second-order valence-electron chi connectivity index (χ2n) is 6.08. The highest BCUT2D eigenvalue weighted by molar-refractivity contribution is 8.03. The van der Waals surface area contributed by atoms with Crippen LogP contribution in [-0.4, -0.2) is 13.7 Å². The first-order valence-corrected chi connectivity index (χ1v) is 9.27. The first-order chi connectivity index (χ1) is 12.2. The van der Waals surface area contributed by atoms with E-state index in [1.165, 1.54) is 32.2 Å². The Morgan fingerprint density at radius 3 is 2.80 bits per heavy atom. The molecule has 0 radical (unpaired) electrons. The molecule has 0 spiro atoms. The average molecular weight is 349 g/mol. The molecule has 3 aromatic rings. The molecule has 1 aromatic heterocycles. The van der Waals surface area contributed by atoms with Gasteiger partial charge in [-0.05, 0) is 37.3 Å². The van der Waals surface area contributed by atoms with Gasteiger partial charge in [-0.1, -0.05) is 23.9 Å². The van der Waals surface area contributed by atoms with Crippen molar-refractivity contribution in [3.63, 3.8) is 0 Å². The van der Waals surface area contributed by atoms with Crippen LogP contribution in [0.3, 0.4) is 0 Å². The Kier molecular flexibility index (Phi) is 4.14. The number of fused-ring (bicyclic) bond motifs is 2. The molecule has 126 valence electrons. The highest BCUT2D eigenvalue weighted by Crippen LogP contribution is 2.46. The topological polar surface area (TPSA) is 16.4 Å². The molecule has 0 bridgehead atoms. The number of benzene rings is 2. The van der Waals surface area contributed by atoms with Gasteiger partial charge in [-0.25, -0.2) is 0 Å². The molecule has 0 saturated heterocycles. The fourth-order valence-electron chi connectivity index (χ4n) is 3.17. The van der Waals surface area contributed by atoms with E-state index in [1.54, 1.807) is 11.8 Å². The van der Waals surface area contributed by atoms with E-state index < -0.39 is 0 Å². The number of nitrogens with zero attached hydrogens (tertiary/aromatic N) is 2. The first-order valence-electron chi connectivity index (χ1n) is 8.45. The molecule has 0 atom stereocenters. The molecule has 0 aliphatic carbocycles. The Morgan fingerprint density at radius 2 is 1.96 bits per heavy atom. The summed E-state index contributed by atoms with van der Waals surface area (Å²) in [4.78, 5) is 3.48. The lowest BCUT2D eigenvalue weighted by atomic mass is 10.2. The van der Waals surface area contributed by atoms with Crippen molar-refractivity contribution in [3.8, 4) is 5.75 Å². The molecule has 4 heteroatoms. The van der Waals surface area contributed by atoms with Gasteiger partial charge in [0.05, 0.1) is 17.3 Å². The third kappa shape index (κ3) is 2.87. The van der Waals surface area contributed by atoms with Gasteiger partial charge < -0.3 is 9.64 Å². The highest BCUT2D eigenvalue weighted by Gasteiger charge is 2.24. The standard InChI is InChI=1S/C21H21N2OS/c1-4-24-17-11-12-19-20(14-17)25-21(23(19)3)13-16-10-9-15-7-5-6-8-18(15)22(16)2/h5-14H,4H2,1-3H3/q+1. The van der Waals surface area contributed by atoms with Gasteiger partial charge in [0.25, 0.3) is 0 Å². The van der Waals surface area contributed by atoms with E-state index >= 15 is 0 Å². The van der Waals surface area contributed by atoms with Gasteiger partial charge >= 0.3 is 0 Å². The molecule has 0 N–H and O–H groups in total. The Morgan fingerprint density at radius 1 is 1.12 bits per heavy atom. The fourth-order valence-corrected chi connectivity index (χ4v) is 4.29. The summed E-state index contributed by atoms with van der Waals surface area (Å²) in [6.07, 6.45) is 2.25. The van der Waals surface area contributed by atoms with E-state index in [-0.39, 0.29) is 0 Å². The molecule has 25 heavy (non-hydrogen) atoms. The number of anilines is 1. The number of hydrogen-bond acceptors (Lipinski definition) is 3. The maximum atomic E-state index is 5.63. The zero-order valence-electron chi connectivity index (χ0n) is 14.7. The SMILES string of the molecule is CCOc1ccc2c(c1)S/C(=C\c1ccc3ccccc3[n+]1C)N2C. The molecule has 2 aromatic carbocycles. The van der Waals surface area contributed by atoms with Crippen LogP contribution in [-0.2, 0) is 7.05 Å². The Bertz CT molecular complexity index is 981. The lowest BCUT2D eigenvalue weighted by Gasteiger charge is -2.13. The second-order valence-corrected chi connectivity index (χ2v) is 7.14. The van der Waals surface area contributed by atoms with Crippen molar-refractivity contribution in [3.05, 3.63) is 65.3 Å². The Hall–Kier alpha value is -2.46. The van der Waals surface area contributed by atoms with Crippen LogP contribution in [0.25, 0.3) is 17.0 Å². The number of hydrogen-bond donors (Lipinski definition) is 0. The van der Waals surface area contributed by atoms with Crippen molar-refractivity contribution < 1.29 is 9.30 Å². The van der Waals surface area contributed by atoms with Crippen molar-refractivity contribution in [2.75, 3.05) is 18.6 Å². The van der Waals surface area contributed by atoms with E-state index in [0.717, 1.165) is 5.75 Å². The van der Waals surface area contributed by atoms with Crippen molar-refractivity contribution in [1.82, 2.24) is 0 Å². The predicted octanol–water partition coefficient (Wildman–Crippen LogP) is 4.60. The van der Waals surface area contributed by atoms with Gasteiger partial charge in [0, 0.05) is 35.5 Å². The van der Waals surface area contributed by atoms with Crippen LogP contribution in [0, 0.1) is 0 Å². The van der Waals surface area contributed by atoms with E-state index in [0.29, 0.717) is 6.61 Å². The number of aryl methyl sites for hydroxylation is 1. The molecule has 3 nitrogen and oxygen atoms in total. The van der Waals surface area contributed by atoms with E-state index in [1.807, 2.05) is 13.0 Å². The lowest BCUT2D eigenvalue weighted by Crippen LogP contribution is -2.32. The third-order valence-corrected chi connectivity index (χ3v) is 5.69. The molecular weight excluding hydrogens is 328 g/mol. The van der Waals surface area contributed by atoms with Crippen molar-refractivity contribution >= 4 is 34.4 Å². The minimum Gasteiger partial charge on any atom is -0.494 e. The molecular formula is C21H21N2OS+. The van der Waals surface area contributed by atoms with Crippen LogP contribution in [0.1, 0.15) is 12.6 Å². The quantitative estimate of drug-likeness (QED) is 0.643. The number of thioether (sulfide) groups is 1. The lowest BCUT2D eigenvalue weighted by molar-refractivity contribution is -0.646. The van der Waals surface area contributed by atoms with E-state index in [4.69, 9.17) is 4.74 Å². The summed E-state index contributed by atoms with van der Waals surface area (Å²) < 4.78 is 7.87. The highest BCUT2D eigenvalue weighted by atomic mass is 32.2. The normalized spacial score (nSPS) is 15.0. The predicted molar refractivity (Wildman–Crippen MR) is 105 cm³/mol. The fraction of sp³-hybridized carbons (Fsp3) is 0.190. The minimum absolute atomic E-state index is 0.689.